The molecule has 0 unspecified atom stereocenters. The summed E-state index contributed by atoms with van der Waals surface area (Å²) in [4.78, 5) is 14.2. The first-order valence-electron chi connectivity index (χ1n) is 7.16. The van der Waals surface area contributed by atoms with E-state index in [2.05, 4.69) is 13.0 Å². The number of nitrogens with zero attached hydrogens (tertiary/aromatic N) is 1. The largest absolute Gasteiger partial charge is 0.316 e. The minimum absolute atomic E-state index is 0.0659. The van der Waals surface area contributed by atoms with Gasteiger partial charge in [-0.15, -0.1) is 0 Å². The summed E-state index contributed by atoms with van der Waals surface area (Å²) in [6, 6.07) is 10.0. The number of amides is 1. The van der Waals surface area contributed by atoms with Gasteiger partial charge in [-0.1, -0.05) is 49.8 Å². The number of hydrogen-bond donors (Lipinski definition) is 0. The van der Waals surface area contributed by atoms with Gasteiger partial charge in [0.2, 0.25) is 0 Å². The smallest absolute Gasteiger partial charge is 0.253 e. The van der Waals surface area contributed by atoms with E-state index in [0.29, 0.717) is 0 Å². The van der Waals surface area contributed by atoms with Gasteiger partial charge in [0.15, 0.2) is 0 Å². The first kappa shape index (κ1) is 16.2. The van der Waals surface area contributed by atoms with E-state index in [9.17, 15) is 4.79 Å². The zero-order valence-electron chi connectivity index (χ0n) is 13.2. The Morgan fingerprint density at radius 1 is 1.15 bits per heavy atom. The van der Waals surface area contributed by atoms with E-state index in [1.807, 2.05) is 58.2 Å². The molecule has 0 aliphatic carbocycles. The summed E-state index contributed by atoms with van der Waals surface area (Å²) in [5.41, 5.74) is 3.94. The number of benzene rings is 1. The first-order valence-corrected chi connectivity index (χ1v) is 7.16. The van der Waals surface area contributed by atoms with Crippen molar-refractivity contribution in [3.63, 3.8) is 0 Å². The Morgan fingerprint density at radius 2 is 1.75 bits per heavy atom. The molecule has 1 rings (SSSR count). The van der Waals surface area contributed by atoms with Gasteiger partial charge in [0, 0.05) is 18.3 Å². The highest BCUT2D eigenvalue weighted by Gasteiger charge is 2.15. The van der Waals surface area contributed by atoms with Crippen LogP contribution < -0.4 is 0 Å². The normalized spacial score (nSPS) is 12.9. The van der Waals surface area contributed by atoms with Gasteiger partial charge >= 0.3 is 0 Å². The summed E-state index contributed by atoms with van der Waals surface area (Å²) in [6.45, 7) is 8.02. The highest BCUT2D eigenvalue weighted by Crippen LogP contribution is 2.20. The second-order valence-corrected chi connectivity index (χ2v) is 5.11. The molecule has 0 saturated carbocycles. The van der Waals surface area contributed by atoms with Gasteiger partial charge in [-0.3, -0.25) is 4.79 Å². The van der Waals surface area contributed by atoms with Crippen molar-refractivity contribution in [2.75, 3.05) is 7.05 Å². The molecule has 1 aromatic carbocycles. The number of rotatable bonds is 5. The number of hydrogen-bond acceptors (Lipinski definition) is 1. The summed E-state index contributed by atoms with van der Waals surface area (Å²) < 4.78 is 0. The van der Waals surface area contributed by atoms with Gasteiger partial charge < -0.3 is 4.90 Å². The number of carbonyl (C=O) groups is 1. The molecule has 0 atom stereocenters. The van der Waals surface area contributed by atoms with Crippen LogP contribution in [0.5, 0.6) is 0 Å². The predicted molar refractivity (Wildman–Crippen MR) is 86.1 cm³/mol. The summed E-state index contributed by atoms with van der Waals surface area (Å²) in [5.74, 6) is 0.0659. The second kappa shape index (κ2) is 7.68. The van der Waals surface area contributed by atoms with Crippen molar-refractivity contribution in [3.05, 3.63) is 53.2 Å². The quantitative estimate of drug-likeness (QED) is 0.714. The van der Waals surface area contributed by atoms with Crippen LogP contribution in [0, 0.1) is 0 Å². The third-order valence-electron chi connectivity index (χ3n) is 3.65. The van der Waals surface area contributed by atoms with Gasteiger partial charge in [0.05, 0.1) is 0 Å². The standard InChI is InChI=1S/C18H25NO/c1-6-7-11-14(2)19(5)18(20)16(4)15(3)17-12-9-8-10-13-17/h8-13H,6-7H2,1-5H3/b14-11+,16-15+. The molecule has 108 valence electrons. The summed E-state index contributed by atoms with van der Waals surface area (Å²) >= 11 is 0. The Bertz CT molecular complexity index is 511. The Labute approximate surface area is 122 Å². The van der Waals surface area contributed by atoms with Crippen LogP contribution in [0.2, 0.25) is 0 Å². The van der Waals surface area contributed by atoms with E-state index in [1.165, 1.54) is 0 Å². The van der Waals surface area contributed by atoms with Crippen molar-refractivity contribution in [2.45, 2.75) is 40.5 Å². The minimum Gasteiger partial charge on any atom is -0.316 e. The lowest BCUT2D eigenvalue weighted by molar-refractivity contribution is -0.124. The number of allylic oxidation sites excluding steroid dienone is 3. The molecule has 0 heterocycles. The summed E-state index contributed by atoms with van der Waals surface area (Å²) in [5, 5.41) is 0. The zero-order chi connectivity index (χ0) is 15.1. The molecule has 0 spiro atoms. The lowest BCUT2D eigenvalue weighted by Crippen LogP contribution is -2.26. The van der Waals surface area contributed by atoms with E-state index in [1.54, 1.807) is 4.90 Å². The molecule has 20 heavy (non-hydrogen) atoms. The van der Waals surface area contributed by atoms with Gasteiger partial charge in [-0.05, 0) is 38.3 Å². The third kappa shape index (κ3) is 4.09. The van der Waals surface area contributed by atoms with Crippen molar-refractivity contribution in [1.82, 2.24) is 4.90 Å². The maximum atomic E-state index is 12.5. The highest BCUT2D eigenvalue weighted by atomic mass is 16.2. The molecule has 2 nitrogen and oxygen atoms in total. The van der Waals surface area contributed by atoms with Crippen molar-refractivity contribution in [2.24, 2.45) is 0 Å². The molecule has 0 aliphatic heterocycles. The monoisotopic (exact) mass is 271 g/mol. The van der Waals surface area contributed by atoms with Crippen molar-refractivity contribution < 1.29 is 4.79 Å². The fraction of sp³-hybridized carbons (Fsp3) is 0.389. The molecule has 0 fully saturated rings. The lowest BCUT2D eigenvalue weighted by atomic mass is 10.0. The molecular weight excluding hydrogens is 246 g/mol. The average molecular weight is 271 g/mol. The van der Waals surface area contributed by atoms with Crippen LogP contribution in [0.25, 0.3) is 5.57 Å². The van der Waals surface area contributed by atoms with E-state index < -0.39 is 0 Å². The molecular formula is C18H25NO. The maximum Gasteiger partial charge on any atom is 0.253 e. The van der Waals surface area contributed by atoms with Crippen LogP contribution in [0.1, 0.15) is 46.1 Å². The first-order chi connectivity index (χ1) is 9.49. The number of likely N-dealkylation sites (N-methyl/N-ethyl adjacent to an activating group) is 1. The van der Waals surface area contributed by atoms with Crippen LogP contribution in [0.4, 0.5) is 0 Å². The Morgan fingerprint density at radius 3 is 2.30 bits per heavy atom. The zero-order valence-corrected chi connectivity index (χ0v) is 13.2. The van der Waals surface area contributed by atoms with Gasteiger partial charge in [-0.2, -0.15) is 0 Å². The molecule has 0 aromatic heterocycles. The average Bonchev–Trinajstić information content (AvgIpc) is 2.50. The Hall–Kier alpha value is -1.83. The lowest BCUT2D eigenvalue weighted by Gasteiger charge is -2.20. The molecule has 2 heteroatoms. The van der Waals surface area contributed by atoms with Crippen molar-refractivity contribution in [3.8, 4) is 0 Å². The van der Waals surface area contributed by atoms with Crippen LogP contribution in [-0.2, 0) is 4.79 Å². The summed E-state index contributed by atoms with van der Waals surface area (Å²) in [7, 11) is 1.84. The highest BCUT2D eigenvalue weighted by molar-refractivity contribution is 6.00. The Kier molecular flexibility index (Phi) is 6.23. The third-order valence-corrected chi connectivity index (χ3v) is 3.65. The number of carbonyl (C=O) groups excluding carboxylic acids is 1. The van der Waals surface area contributed by atoms with Crippen LogP contribution in [0.15, 0.2) is 47.7 Å². The van der Waals surface area contributed by atoms with E-state index in [4.69, 9.17) is 0 Å². The second-order valence-electron chi connectivity index (χ2n) is 5.11. The van der Waals surface area contributed by atoms with Crippen molar-refractivity contribution in [1.29, 1.82) is 0 Å². The van der Waals surface area contributed by atoms with Crippen LogP contribution >= 0.6 is 0 Å². The Balaban J connectivity index is 2.96. The van der Waals surface area contributed by atoms with Crippen LogP contribution in [-0.4, -0.2) is 17.9 Å². The van der Waals surface area contributed by atoms with Crippen LogP contribution in [0.3, 0.4) is 0 Å². The van der Waals surface area contributed by atoms with Gasteiger partial charge in [0.1, 0.15) is 0 Å². The fourth-order valence-corrected chi connectivity index (χ4v) is 1.97. The molecule has 1 amide bonds. The topological polar surface area (TPSA) is 20.3 Å². The van der Waals surface area contributed by atoms with Gasteiger partial charge in [0.25, 0.3) is 5.91 Å². The molecule has 0 radical (unpaired) electrons. The molecule has 1 aromatic rings. The van der Waals surface area contributed by atoms with Gasteiger partial charge in [-0.25, -0.2) is 0 Å². The molecule has 0 aliphatic rings. The number of unbranched alkanes of at least 4 members (excludes halogenated alkanes) is 1. The predicted octanol–water partition coefficient (Wildman–Crippen LogP) is 4.64. The molecule has 0 bridgehead atoms. The van der Waals surface area contributed by atoms with E-state index in [-0.39, 0.29) is 5.91 Å². The van der Waals surface area contributed by atoms with E-state index >= 15 is 0 Å². The molecule has 0 N–H and O–H groups in total. The fourth-order valence-electron chi connectivity index (χ4n) is 1.97. The minimum atomic E-state index is 0.0659. The maximum absolute atomic E-state index is 12.5. The molecule has 0 saturated heterocycles. The van der Waals surface area contributed by atoms with Crippen molar-refractivity contribution >= 4 is 11.5 Å². The SMILES string of the molecule is CCC/C=C(\C)N(C)C(=O)/C(C)=C(\C)c1ccccc1. The summed E-state index contributed by atoms with van der Waals surface area (Å²) in [6.07, 6.45) is 4.21. The van der Waals surface area contributed by atoms with E-state index in [0.717, 1.165) is 35.2 Å².